The van der Waals surface area contributed by atoms with Crippen LogP contribution in [-0.2, 0) is 0 Å². The molecule has 0 atom stereocenters. The van der Waals surface area contributed by atoms with Crippen molar-refractivity contribution in [3.8, 4) is 5.69 Å². The van der Waals surface area contributed by atoms with Crippen LogP contribution < -0.4 is 0 Å². The molecule has 1 aromatic carbocycles. The molecule has 2 aromatic rings. The highest BCUT2D eigenvalue weighted by atomic mass is 79.9. The van der Waals surface area contributed by atoms with Gasteiger partial charge in [0.1, 0.15) is 11.6 Å². The van der Waals surface area contributed by atoms with Crippen LogP contribution in [0.5, 0.6) is 0 Å². The summed E-state index contributed by atoms with van der Waals surface area (Å²) in [7, 11) is 0. The maximum Gasteiger partial charge on any atom is 0.179 e. The van der Waals surface area contributed by atoms with Crippen molar-refractivity contribution in [3.63, 3.8) is 0 Å². The zero-order valence-corrected chi connectivity index (χ0v) is 13.1. The minimum absolute atomic E-state index is 0.0540. The molecule has 0 aliphatic heterocycles. The van der Waals surface area contributed by atoms with Crippen molar-refractivity contribution in [2.45, 2.75) is 13.8 Å². The molecule has 0 bridgehead atoms. The molecule has 0 N–H and O–H groups in total. The Kier molecular flexibility index (Phi) is 4.30. The second-order valence-electron chi connectivity index (χ2n) is 4.39. The van der Waals surface area contributed by atoms with Crippen LogP contribution in [-0.4, -0.2) is 16.2 Å². The number of halogens is 4. The Morgan fingerprint density at radius 3 is 2.50 bits per heavy atom. The van der Waals surface area contributed by atoms with Crippen molar-refractivity contribution >= 4 is 33.3 Å². The first-order valence-corrected chi connectivity index (χ1v) is 7.12. The lowest BCUT2D eigenvalue weighted by Gasteiger charge is -2.11. The van der Waals surface area contributed by atoms with Crippen LogP contribution in [0, 0.1) is 25.5 Å². The van der Waals surface area contributed by atoms with E-state index < -0.39 is 11.6 Å². The predicted molar refractivity (Wildman–Crippen MR) is 77.9 cm³/mol. The molecule has 0 radical (unpaired) electrons. The second-order valence-corrected chi connectivity index (χ2v) is 5.52. The minimum Gasteiger partial charge on any atom is -0.315 e. The highest BCUT2D eigenvalue weighted by Gasteiger charge is 2.19. The average molecular weight is 363 g/mol. The number of carbonyl (C=O) groups is 1. The van der Waals surface area contributed by atoms with Gasteiger partial charge in [-0.2, -0.15) is 0 Å². The summed E-state index contributed by atoms with van der Waals surface area (Å²) in [5.74, 6) is -1.55. The van der Waals surface area contributed by atoms with Gasteiger partial charge in [-0.3, -0.25) is 4.79 Å². The van der Waals surface area contributed by atoms with Gasteiger partial charge in [-0.05, 0) is 41.9 Å². The summed E-state index contributed by atoms with van der Waals surface area (Å²) < 4.78 is 29.2. The zero-order chi connectivity index (χ0) is 15.0. The van der Waals surface area contributed by atoms with Crippen molar-refractivity contribution in [1.82, 2.24) is 4.57 Å². The van der Waals surface area contributed by atoms with E-state index in [-0.39, 0.29) is 21.8 Å². The summed E-state index contributed by atoms with van der Waals surface area (Å²) in [6.45, 7) is 3.39. The van der Waals surface area contributed by atoms with Crippen LogP contribution >= 0.6 is 27.5 Å². The lowest BCUT2D eigenvalue weighted by atomic mass is 10.2. The van der Waals surface area contributed by atoms with Gasteiger partial charge in [0.05, 0.1) is 16.0 Å². The number of nitrogens with zero attached hydrogens (tertiary/aromatic N) is 1. The Labute approximate surface area is 128 Å². The number of aromatic nitrogens is 1. The van der Waals surface area contributed by atoms with Gasteiger partial charge < -0.3 is 4.57 Å². The smallest absolute Gasteiger partial charge is 0.179 e. The molecule has 6 heteroatoms. The van der Waals surface area contributed by atoms with Gasteiger partial charge in [0.15, 0.2) is 5.78 Å². The quantitative estimate of drug-likeness (QED) is 0.446. The van der Waals surface area contributed by atoms with Crippen molar-refractivity contribution in [3.05, 3.63) is 51.3 Å². The lowest BCUT2D eigenvalue weighted by Crippen LogP contribution is -2.06. The van der Waals surface area contributed by atoms with Crippen LogP contribution in [0.2, 0.25) is 0 Å². The summed E-state index contributed by atoms with van der Waals surface area (Å²) in [5.41, 5.74) is 1.65. The van der Waals surface area contributed by atoms with E-state index in [4.69, 9.17) is 11.6 Å². The number of benzene rings is 1. The highest BCUT2D eigenvalue weighted by Crippen LogP contribution is 2.27. The molecule has 0 saturated carbocycles. The first-order valence-electron chi connectivity index (χ1n) is 5.79. The first-order chi connectivity index (χ1) is 9.36. The number of aryl methyl sites for hydroxylation is 1. The molecule has 0 spiro atoms. The van der Waals surface area contributed by atoms with E-state index in [1.807, 2.05) is 0 Å². The Bertz CT molecular complexity index is 697. The van der Waals surface area contributed by atoms with Crippen molar-refractivity contribution < 1.29 is 13.6 Å². The fourth-order valence-electron chi connectivity index (χ4n) is 2.17. The van der Waals surface area contributed by atoms with Crippen molar-refractivity contribution in [1.29, 1.82) is 0 Å². The largest absolute Gasteiger partial charge is 0.315 e. The number of ketones is 1. The van der Waals surface area contributed by atoms with E-state index in [2.05, 4.69) is 15.9 Å². The summed E-state index contributed by atoms with van der Waals surface area (Å²) in [4.78, 5) is 11.7. The number of hydrogen-bond acceptors (Lipinski definition) is 1. The fraction of sp³-hybridized carbons (Fsp3) is 0.214. The Morgan fingerprint density at radius 2 is 1.90 bits per heavy atom. The summed E-state index contributed by atoms with van der Waals surface area (Å²) >= 11 is 8.48. The Morgan fingerprint density at radius 1 is 1.25 bits per heavy atom. The third-order valence-corrected chi connectivity index (χ3v) is 3.93. The van der Waals surface area contributed by atoms with E-state index in [1.54, 1.807) is 19.9 Å². The normalized spacial score (nSPS) is 10.9. The van der Waals surface area contributed by atoms with Gasteiger partial charge >= 0.3 is 0 Å². The van der Waals surface area contributed by atoms with E-state index in [0.717, 1.165) is 12.1 Å². The van der Waals surface area contributed by atoms with E-state index in [1.165, 1.54) is 4.57 Å². The minimum atomic E-state index is -0.579. The molecule has 2 nitrogen and oxygen atoms in total. The number of alkyl halides is 1. The molecule has 0 aliphatic rings. The summed E-state index contributed by atoms with van der Waals surface area (Å²) in [6, 6.07) is 3.78. The second kappa shape index (κ2) is 5.66. The highest BCUT2D eigenvalue weighted by molar-refractivity contribution is 9.10. The maximum absolute atomic E-state index is 14.0. The van der Waals surface area contributed by atoms with Gasteiger partial charge in [-0.15, -0.1) is 11.6 Å². The fourth-order valence-corrected chi connectivity index (χ4v) is 2.63. The van der Waals surface area contributed by atoms with E-state index in [0.29, 0.717) is 17.0 Å². The standard InChI is InChI=1S/C14H11BrClF2NO/c1-7-3-9(14(20)6-16)8(2)19(7)13-5-11(17)10(15)4-12(13)18/h3-5H,6H2,1-2H3. The van der Waals surface area contributed by atoms with E-state index >= 15 is 0 Å². The lowest BCUT2D eigenvalue weighted by molar-refractivity contribution is 0.102. The zero-order valence-electron chi connectivity index (χ0n) is 10.8. The maximum atomic E-state index is 14.0. The summed E-state index contributed by atoms with van der Waals surface area (Å²) in [6.07, 6.45) is 0. The molecule has 1 heterocycles. The molecule has 0 unspecified atom stereocenters. The van der Waals surface area contributed by atoms with Gasteiger partial charge in [-0.25, -0.2) is 8.78 Å². The first kappa shape index (κ1) is 15.2. The number of Topliss-reactive ketones (excluding diaryl/α,β-unsaturated/α-hetero) is 1. The topological polar surface area (TPSA) is 22.0 Å². The third kappa shape index (κ3) is 2.52. The Hall–Kier alpha value is -1.20. The van der Waals surface area contributed by atoms with Crippen LogP contribution in [0.1, 0.15) is 21.7 Å². The SMILES string of the molecule is Cc1cc(C(=O)CCl)c(C)n1-c1cc(F)c(Br)cc1F. The van der Waals surface area contributed by atoms with Crippen molar-refractivity contribution in [2.24, 2.45) is 0 Å². The van der Waals surface area contributed by atoms with Gasteiger partial charge in [-0.1, -0.05) is 0 Å². The molecule has 1 aromatic heterocycles. The van der Waals surface area contributed by atoms with Crippen LogP contribution in [0.15, 0.2) is 22.7 Å². The van der Waals surface area contributed by atoms with Gasteiger partial charge in [0, 0.05) is 23.0 Å². The number of carbonyl (C=O) groups excluding carboxylic acids is 1. The number of rotatable bonds is 3. The van der Waals surface area contributed by atoms with Gasteiger partial charge in [0.25, 0.3) is 0 Å². The number of hydrogen-bond donors (Lipinski definition) is 0. The Balaban J connectivity index is 2.68. The molecule has 0 saturated heterocycles. The molecule has 0 fully saturated rings. The van der Waals surface area contributed by atoms with Crippen molar-refractivity contribution in [2.75, 3.05) is 5.88 Å². The third-order valence-electron chi connectivity index (χ3n) is 3.08. The predicted octanol–water partition coefficient (Wildman–Crippen LogP) is 4.56. The monoisotopic (exact) mass is 361 g/mol. The van der Waals surface area contributed by atoms with Crippen LogP contribution in [0.25, 0.3) is 5.69 Å². The molecular formula is C14H11BrClF2NO. The molecule has 0 amide bonds. The molecular weight excluding hydrogens is 352 g/mol. The summed E-state index contributed by atoms with van der Waals surface area (Å²) in [5, 5.41) is 0. The van der Waals surface area contributed by atoms with E-state index in [9.17, 15) is 13.6 Å². The molecule has 20 heavy (non-hydrogen) atoms. The van der Waals surface area contributed by atoms with Crippen LogP contribution in [0.4, 0.5) is 8.78 Å². The average Bonchev–Trinajstić information content (AvgIpc) is 2.69. The molecule has 2 rings (SSSR count). The van der Waals surface area contributed by atoms with Crippen LogP contribution in [0.3, 0.4) is 0 Å². The molecule has 106 valence electrons. The van der Waals surface area contributed by atoms with Gasteiger partial charge in [0.2, 0.25) is 0 Å². The molecule has 0 aliphatic carbocycles.